The third kappa shape index (κ3) is 3.89. The van der Waals surface area contributed by atoms with Crippen molar-refractivity contribution in [3.05, 3.63) is 102 Å². The van der Waals surface area contributed by atoms with Crippen molar-refractivity contribution in [2.45, 2.75) is 19.8 Å². The van der Waals surface area contributed by atoms with Gasteiger partial charge in [-0.05, 0) is 55.2 Å². The van der Waals surface area contributed by atoms with E-state index in [9.17, 15) is 9.59 Å². The first-order valence-electron chi connectivity index (χ1n) is 10.8. The smallest absolute Gasteiger partial charge is 0.342 e. The van der Waals surface area contributed by atoms with Crippen LogP contribution in [0.25, 0.3) is 5.82 Å². The quantitative estimate of drug-likeness (QED) is 0.447. The Hall–Kier alpha value is -4.26. The van der Waals surface area contributed by atoms with E-state index >= 15 is 0 Å². The van der Waals surface area contributed by atoms with Crippen molar-refractivity contribution in [2.75, 3.05) is 11.5 Å². The van der Waals surface area contributed by atoms with E-state index < -0.39 is 5.97 Å². The Morgan fingerprint density at radius 2 is 1.55 bits per heavy atom. The number of fused-ring (bicyclic) bond motifs is 2. The van der Waals surface area contributed by atoms with Gasteiger partial charge in [0.05, 0.1) is 23.3 Å². The highest BCUT2D eigenvalue weighted by atomic mass is 16.5. The summed E-state index contributed by atoms with van der Waals surface area (Å²) in [5.41, 5.74) is 4.70. The second-order valence-corrected chi connectivity index (χ2v) is 7.81. The number of hydrogen-bond donors (Lipinski definition) is 0. The molecular formula is C26H22N4O3. The number of aryl methyl sites for hydroxylation is 2. The first-order chi connectivity index (χ1) is 16.1. The highest BCUT2D eigenvalue weighted by Gasteiger charge is 2.27. The van der Waals surface area contributed by atoms with Crippen molar-refractivity contribution in [1.82, 2.24) is 14.8 Å². The molecule has 0 atom stereocenters. The van der Waals surface area contributed by atoms with Crippen molar-refractivity contribution in [2.24, 2.45) is 0 Å². The molecular weight excluding hydrogens is 416 g/mol. The molecule has 33 heavy (non-hydrogen) atoms. The maximum Gasteiger partial charge on any atom is 0.342 e. The SMILES string of the molecule is Cc1c(C(=O)OCC(=O)N2c3ccccc3CCc3ccccc32)cnn1-c1ccccn1. The lowest BCUT2D eigenvalue weighted by Gasteiger charge is -2.24. The average Bonchev–Trinajstić information content (AvgIpc) is 3.15. The van der Waals surface area contributed by atoms with Gasteiger partial charge in [0.15, 0.2) is 12.4 Å². The summed E-state index contributed by atoms with van der Waals surface area (Å²) >= 11 is 0. The topological polar surface area (TPSA) is 77.3 Å². The molecule has 0 saturated carbocycles. The normalized spacial score (nSPS) is 12.5. The van der Waals surface area contributed by atoms with Crippen molar-refractivity contribution in [3.8, 4) is 5.82 Å². The number of rotatable bonds is 4. The molecule has 0 N–H and O–H groups in total. The minimum atomic E-state index is -0.598. The number of anilines is 2. The van der Waals surface area contributed by atoms with E-state index in [4.69, 9.17) is 4.74 Å². The molecule has 1 aliphatic heterocycles. The van der Waals surface area contributed by atoms with E-state index in [0.29, 0.717) is 17.1 Å². The molecule has 3 heterocycles. The summed E-state index contributed by atoms with van der Waals surface area (Å²) in [5, 5.41) is 4.25. The predicted molar refractivity (Wildman–Crippen MR) is 124 cm³/mol. The van der Waals surface area contributed by atoms with Gasteiger partial charge < -0.3 is 4.74 Å². The zero-order chi connectivity index (χ0) is 22.8. The Morgan fingerprint density at radius 1 is 0.909 bits per heavy atom. The summed E-state index contributed by atoms with van der Waals surface area (Å²) in [6, 6.07) is 21.1. The van der Waals surface area contributed by atoms with Crippen molar-refractivity contribution in [3.63, 3.8) is 0 Å². The van der Waals surface area contributed by atoms with Gasteiger partial charge in [-0.25, -0.2) is 14.5 Å². The van der Waals surface area contributed by atoms with Gasteiger partial charge in [0.2, 0.25) is 0 Å². The molecule has 5 rings (SSSR count). The molecule has 1 amide bonds. The van der Waals surface area contributed by atoms with Crippen LogP contribution in [0.3, 0.4) is 0 Å². The minimum Gasteiger partial charge on any atom is -0.452 e. The van der Waals surface area contributed by atoms with E-state index in [-0.39, 0.29) is 12.5 Å². The van der Waals surface area contributed by atoms with Crippen LogP contribution in [0, 0.1) is 6.92 Å². The summed E-state index contributed by atoms with van der Waals surface area (Å²) < 4.78 is 7.01. The fourth-order valence-corrected chi connectivity index (χ4v) is 4.14. The first-order valence-corrected chi connectivity index (χ1v) is 10.8. The molecule has 0 radical (unpaired) electrons. The zero-order valence-corrected chi connectivity index (χ0v) is 18.1. The van der Waals surface area contributed by atoms with Crippen molar-refractivity contribution < 1.29 is 14.3 Å². The van der Waals surface area contributed by atoms with Crippen molar-refractivity contribution >= 4 is 23.3 Å². The number of para-hydroxylation sites is 2. The standard InChI is InChI=1S/C26H22N4O3/c1-18-21(16-28-30(18)24-12-6-7-15-27-24)26(32)33-17-25(31)29-22-10-4-2-8-19(22)13-14-20-9-3-5-11-23(20)29/h2-12,15-16H,13-14,17H2,1H3. The Morgan fingerprint density at radius 3 is 2.18 bits per heavy atom. The maximum atomic E-state index is 13.3. The summed E-state index contributed by atoms with van der Waals surface area (Å²) in [5.74, 6) is -0.303. The Balaban J connectivity index is 1.38. The lowest BCUT2D eigenvalue weighted by molar-refractivity contribution is -0.120. The zero-order valence-electron chi connectivity index (χ0n) is 18.1. The summed E-state index contributed by atoms with van der Waals surface area (Å²) in [6.45, 7) is 1.39. The van der Waals surface area contributed by atoms with Gasteiger partial charge in [-0.15, -0.1) is 0 Å². The van der Waals surface area contributed by atoms with Gasteiger partial charge in [0.25, 0.3) is 5.91 Å². The average molecular weight is 438 g/mol. The number of carbonyl (C=O) groups excluding carboxylic acids is 2. The molecule has 0 unspecified atom stereocenters. The highest BCUT2D eigenvalue weighted by Crippen LogP contribution is 2.36. The molecule has 7 nitrogen and oxygen atoms in total. The molecule has 0 bridgehead atoms. The first kappa shape index (κ1) is 20.6. The molecule has 2 aromatic carbocycles. The fraction of sp³-hybridized carbons (Fsp3) is 0.154. The molecule has 0 saturated heterocycles. The maximum absolute atomic E-state index is 13.3. The Labute approximate surface area is 191 Å². The van der Waals surface area contributed by atoms with Crippen LogP contribution in [0.4, 0.5) is 11.4 Å². The fourth-order valence-electron chi connectivity index (χ4n) is 4.14. The number of carbonyl (C=O) groups is 2. The van der Waals surface area contributed by atoms with E-state index in [1.165, 1.54) is 6.20 Å². The number of nitrogens with zero attached hydrogens (tertiary/aromatic N) is 4. The third-order valence-corrected chi connectivity index (χ3v) is 5.80. The van der Waals surface area contributed by atoms with E-state index in [1.807, 2.05) is 60.7 Å². The van der Waals surface area contributed by atoms with Crippen LogP contribution in [0.2, 0.25) is 0 Å². The number of esters is 1. The van der Waals surface area contributed by atoms with Gasteiger partial charge >= 0.3 is 5.97 Å². The van der Waals surface area contributed by atoms with Gasteiger partial charge in [-0.2, -0.15) is 5.10 Å². The number of aromatic nitrogens is 3. The van der Waals surface area contributed by atoms with Crippen LogP contribution in [-0.4, -0.2) is 33.2 Å². The lowest BCUT2D eigenvalue weighted by Crippen LogP contribution is -2.31. The van der Waals surface area contributed by atoms with Crippen LogP contribution in [-0.2, 0) is 22.4 Å². The van der Waals surface area contributed by atoms with Crippen LogP contribution in [0.1, 0.15) is 27.2 Å². The molecule has 0 aliphatic carbocycles. The summed E-state index contributed by atoms with van der Waals surface area (Å²) in [6.07, 6.45) is 4.77. The molecule has 1 aliphatic rings. The third-order valence-electron chi connectivity index (χ3n) is 5.80. The number of benzene rings is 2. The Bertz CT molecular complexity index is 1280. The lowest BCUT2D eigenvalue weighted by atomic mass is 10.0. The molecule has 4 aromatic rings. The molecule has 0 fully saturated rings. The monoisotopic (exact) mass is 438 g/mol. The largest absolute Gasteiger partial charge is 0.452 e. The molecule has 164 valence electrons. The van der Waals surface area contributed by atoms with Crippen LogP contribution in [0.5, 0.6) is 0 Å². The highest BCUT2D eigenvalue weighted by molar-refractivity contribution is 6.04. The molecule has 0 spiro atoms. The molecule has 2 aromatic heterocycles. The van der Waals surface area contributed by atoms with Gasteiger partial charge in [-0.1, -0.05) is 42.5 Å². The second kappa shape index (κ2) is 8.70. The van der Waals surface area contributed by atoms with Gasteiger partial charge in [0.1, 0.15) is 5.56 Å². The summed E-state index contributed by atoms with van der Waals surface area (Å²) in [7, 11) is 0. The van der Waals surface area contributed by atoms with Crippen molar-refractivity contribution in [1.29, 1.82) is 0 Å². The van der Waals surface area contributed by atoms with Crippen LogP contribution in [0.15, 0.2) is 79.1 Å². The number of pyridine rings is 1. The Kier molecular flexibility index (Phi) is 5.44. The van der Waals surface area contributed by atoms with E-state index in [1.54, 1.807) is 28.8 Å². The minimum absolute atomic E-state index is 0.296. The summed E-state index contributed by atoms with van der Waals surface area (Å²) in [4.78, 5) is 32.1. The van der Waals surface area contributed by atoms with Gasteiger partial charge in [0, 0.05) is 6.20 Å². The molecule has 7 heteroatoms. The number of ether oxygens (including phenoxy) is 1. The van der Waals surface area contributed by atoms with Crippen LogP contribution >= 0.6 is 0 Å². The predicted octanol–water partition coefficient (Wildman–Crippen LogP) is 4.20. The van der Waals surface area contributed by atoms with E-state index in [2.05, 4.69) is 10.1 Å². The van der Waals surface area contributed by atoms with E-state index in [0.717, 1.165) is 35.3 Å². The number of amides is 1. The van der Waals surface area contributed by atoms with Crippen LogP contribution < -0.4 is 4.90 Å². The number of hydrogen-bond acceptors (Lipinski definition) is 5. The van der Waals surface area contributed by atoms with Gasteiger partial charge in [-0.3, -0.25) is 9.69 Å². The second-order valence-electron chi connectivity index (χ2n) is 7.81.